The van der Waals surface area contributed by atoms with Gasteiger partial charge in [0.05, 0.1) is 5.56 Å². The molecule has 0 atom stereocenters. The lowest BCUT2D eigenvalue weighted by molar-refractivity contribution is 0.0692. The number of hydrogen-bond acceptors (Lipinski definition) is 2. The van der Waals surface area contributed by atoms with Gasteiger partial charge in [0.15, 0.2) is 0 Å². The molecule has 0 fully saturated rings. The first-order chi connectivity index (χ1) is 15.3. The second-order valence-corrected chi connectivity index (χ2v) is 7.52. The van der Waals surface area contributed by atoms with E-state index in [1.54, 1.807) is 12.1 Å². The molecule has 0 unspecified atom stereocenters. The number of carbonyl (C=O) groups excluding carboxylic acids is 1. The standard InChI is InChI=1S/C29H30O2/c1-2-3-4-9-18-25-19-12-13-22-27(25)28(23-14-17-24-15-7-5-8-16-24)31-29(30)26-20-10-6-11-21-26/h5-8,10-17,19-23H,2-4,9,18H2,1H3. The first-order valence-corrected chi connectivity index (χ1v) is 11.1. The van der Waals surface area contributed by atoms with Gasteiger partial charge in [0, 0.05) is 5.56 Å². The van der Waals surface area contributed by atoms with Gasteiger partial charge in [-0.15, -0.1) is 0 Å². The van der Waals surface area contributed by atoms with Crippen LogP contribution in [0.15, 0.2) is 97.1 Å². The molecule has 158 valence electrons. The van der Waals surface area contributed by atoms with Gasteiger partial charge in [-0.05, 0) is 42.2 Å². The van der Waals surface area contributed by atoms with E-state index in [4.69, 9.17) is 4.74 Å². The van der Waals surface area contributed by atoms with Gasteiger partial charge in [0.2, 0.25) is 0 Å². The molecule has 0 spiro atoms. The molecule has 31 heavy (non-hydrogen) atoms. The molecule has 2 nitrogen and oxygen atoms in total. The van der Waals surface area contributed by atoms with Crippen molar-refractivity contribution < 1.29 is 9.53 Å². The molecule has 0 heterocycles. The SMILES string of the molecule is CCCCCCc1ccccc1C(=CC=Cc1ccccc1)OC(=O)c1ccccc1. The molecule has 0 aliphatic carbocycles. The zero-order chi connectivity index (χ0) is 21.7. The Morgan fingerprint density at radius 2 is 1.48 bits per heavy atom. The molecular formula is C29H30O2. The Bertz CT molecular complexity index is 1000. The summed E-state index contributed by atoms with van der Waals surface area (Å²) >= 11 is 0. The van der Waals surface area contributed by atoms with E-state index < -0.39 is 0 Å². The fourth-order valence-electron chi connectivity index (χ4n) is 3.44. The van der Waals surface area contributed by atoms with Gasteiger partial charge < -0.3 is 4.74 Å². The number of unbranched alkanes of at least 4 members (excludes halogenated alkanes) is 3. The molecule has 3 aromatic carbocycles. The summed E-state index contributed by atoms with van der Waals surface area (Å²) in [6.45, 7) is 2.22. The molecule has 0 aliphatic rings. The molecule has 3 rings (SSSR count). The summed E-state index contributed by atoms with van der Waals surface area (Å²) in [6.07, 6.45) is 11.6. The van der Waals surface area contributed by atoms with E-state index in [0.717, 1.165) is 24.0 Å². The van der Waals surface area contributed by atoms with E-state index in [1.165, 1.54) is 24.8 Å². The minimum absolute atomic E-state index is 0.347. The van der Waals surface area contributed by atoms with Crippen molar-refractivity contribution >= 4 is 17.8 Å². The molecule has 0 saturated carbocycles. The van der Waals surface area contributed by atoms with E-state index in [-0.39, 0.29) is 5.97 Å². The van der Waals surface area contributed by atoms with Crippen molar-refractivity contribution in [2.75, 3.05) is 0 Å². The maximum atomic E-state index is 12.8. The highest BCUT2D eigenvalue weighted by atomic mass is 16.5. The Balaban J connectivity index is 1.87. The zero-order valence-electron chi connectivity index (χ0n) is 18.2. The molecule has 3 aromatic rings. The number of esters is 1. The van der Waals surface area contributed by atoms with Crippen LogP contribution in [0.2, 0.25) is 0 Å². The predicted molar refractivity (Wildman–Crippen MR) is 130 cm³/mol. The highest BCUT2D eigenvalue weighted by Crippen LogP contribution is 2.24. The minimum Gasteiger partial charge on any atom is -0.422 e. The van der Waals surface area contributed by atoms with Gasteiger partial charge >= 0.3 is 5.97 Å². The summed E-state index contributed by atoms with van der Waals surface area (Å²) < 4.78 is 5.90. The van der Waals surface area contributed by atoms with Crippen molar-refractivity contribution in [3.63, 3.8) is 0 Å². The van der Waals surface area contributed by atoms with Crippen LogP contribution in [0, 0.1) is 0 Å². The lowest BCUT2D eigenvalue weighted by atomic mass is 9.99. The summed E-state index contributed by atoms with van der Waals surface area (Å²) in [5, 5.41) is 0. The van der Waals surface area contributed by atoms with Gasteiger partial charge in [0.1, 0.15) is 5.76 Å². The fraction of sp³-hybridized carbons (Fsp3) is 0.207. The van der Waals surface area contributed by atoms with Gasteiger partial charge in [-0.2, -0.15) is 0 Å². The number of ether oxygens (including phenoxy) is 1. The zero-order valence-corrected chi connectivity index (χ0v) is 18.2. The third kappa shape index (κ3) is 7.11. The van der Waals surface area contributed by atoms with E-state index in [2.05, 4.69) is 19.1 Å². The quantitative estimate of drug-likeness (QED) is 0.148. The Labute approximate surface area is 185 Å². The summed E-state index contributed by atoms with van der Waals surface area (Å²) in [6, 6.07) is 27.4. The van der Waals surface area contributed by atoms with E-state index >= 15 is 0 Å². The van der Waals surface area contributed by atoms with Crippen LogP contribution in [-0.2, 0) is 11.2 Å². The monoisotopic (exact) mass is 410 g/mol. The van der Waals surface area contributed by atoms with Crippen molar-refractivity contribution in [1.82, 2.24) is 0 Å². The smallest absolute Gasteiger partial charge is 0.343 e. The molecule has 0 aromatic heterocycles. The third-order valence-corrected chi connectivity index (χ3v) is 5.13. The van der Waals surface area contributed by atoms with Crippen LogP contribution in [0.5, 0.6) is 0 Å². The third-order valence-electron chi connectivity index (χ3n) is 5.13. The number of aryl methyl sites for hydroxylation is 1. The van der Waals surface area contributed by atoms with Gasteiger partial charge in [0.25, 0.3) is 0 Å². The Morgan fingerprint density at radius 1 is 0.806 bits per heavy atom. The van der Waals surface area contributed by atoms with Gasteiger partial charge in [-0.1, -0.05) is 111 Å². The average Bonchev–Trinajstić information content (AvgIpc) is 2.83. The van der Waals surface area contributed by atoms with Crippen LogP contribution in [0.25, 0.3) is 11.8 Å². The molecule has 0 aliphatic heterocycles. The molecule has 0 radical (unpaired) electrons. The van der Waals surface area contributed by atoms with Crippen molar-refractivity contribution in [2.45, 2.75) is 39.0 Å². The first kappa shape index (κ1) is 22.3. The first-order valence-electron chi connectivity index (χ1n) is 11.1. The second kappa shape index (κ2) is 12.3. The number of hydrogen-bond donors (Lipinski definition) is 0. The predicted octanol–water partition coefficient (Wildman–Crippen LogP) is 7.72. The number of rotatable bonds is 10. The Morgan fingerprint density at radius 3 is 2.23 bits per heavy atom. The fourth-order valence-corrected chi connectivity index (χ4v) is 3.44. The minimum atomic E-state index is -0.347. The van der Waals surface area contributed by atoms with Crippen LogP contribution >= 0.6 is 0 Å². The van der Waals surface area contributed by atoms with Crippen molar-refractivity contribution in [3.05, 3.63) is 119 Å². The summed E-state index contributed by atoms with van der Waals surface area (Å²) in [5.41, 5.74) is 3.82. The second-order valence-electron chi connectivity index (χ2n) is 7.52. The molecular weight excluding hydrogens is 380 g/mol. The Kier molecular flexibility index (Phi) is 8.88. The highest BCUT2D eigenvalue weighted by Gasteiger charge is 2.14. The topological polar surface area (TPSA) is 26.3 Å². The lowest BCUT2D eigenvalue weighted by Gasteiger charge is -2.13. The number of benzene rings is 3. The summed E-state index contributed by atoms with van der Waals surface area (Å²) in [5.74, 6) is 0.230. The van der Waals surface area contributed by atoms with Gasteiger partial charge in [-0.3, -0.25) is 0 Å². The Hall–Kier alpha value is -3.39. The van der Waals surface area contributed by atoms with Crippen molar-refractivity contribution in [2.24, 2.45) is 0 Å². The average molecular weight is 411 g/mol. The maximum Gasteiger partial charge on any atom is 0.343 e. The van der Waals surface area contributed by atoms with Crippen LogP contribution in [0.3, 0.4) is 0 Å². The normalized spacial score (nSPS) is 11.6. The van der Waals surface area contributed by atoms with E-state index in [9.17, 15) is 4.79 Å². The lowest BCUT2D eigenvalue weighted by Crippen LogP contribution is -2.06. The van der Waals surface area contributed by atoms with E-state index in [1.807, 2.05) is 78.9 Å². The van der Waals surface area contributed by atoms with Gasteiger partial charge in [-0.25, -0.2) is 4.79 Å². The molecule has 0 bridgehead atoms. The number of carbonyl (C=O) groups is 1. The van der Waals surface area contributed by atoms with Crippen molar-refractivity contribution in [3.8, 4) is 0 Å². The van der Waals surface area contributed by atoms with Crippen LogP contribution in [0.1, 0.15) is 59.7 Å². The van der Waals surface area contributed by atoms with Crippen molar-refractivity contribution in [1.29, 1.82) is 0 Å². The van der Waals surface area contributed by atoms with Crippen LogP contribution in [0.4, 0.5) is 0 Å². The molecule has 0 N–H and O–H groups in total. The highest BCUT2D eigenvalue weighted by molar-refractivity contribution is 5.93. The largest absolute Gasteiger partial charge is 0.422 e. The van der Waals surface area contributed by atoms with Crippen LogP contribution < -0.4 is 0 Å². The summed E-state index contributed by atoms with van der Waals surface area (Å²) in [7, 11) is 0. The van der Waals surface area contributed by atoms with E-state index in [0.29, 0.717) is 11.3 Å². The molecule has 2 heteroatoms. The number of allylic oxidation sites excluding steroid dienone is 2. The van der Waals surface area contributed by atoms with Crippen LogP contribution in [-0.4, -0.2) is 5.97 Å². The summed E-state index contributed by atoms with van der Waals surface area (Å²) in [4.78, 5) is 12.8. The maximum absolute atomic E-state index is 12.8. The molecule has 0 amide bonds. The molecule has 0 saturated heterocycles.